The van der Waals surface area contributed by atoms with E-state index in [0.717, 1.165) is 44.7 Å². The molecule has 0 bridgehead atoms. The van der Waals surface area contributed by atoms with E-state index < -0.39 is 36.4 Å². The number of nitrogens with zero attached hydrogens (tertiary/aromatic N) is 2. The van der Waals surface area contributed by atoms with E-state index in [2.05, 4.69) is 60.1 Å². The minimum Gasteiger partial charge on any atom is -0.481 e. The molecule has 2 heterocycles. The van der Waals surface area contributed by atoms with Crippen LogP contribution >= 0.6 is 0 Å². The Morgan fingerprint density at radius 1 is 1.02 bits per heavy atom. The van der Waals surface area contributed by atoms with E-state index in [9.17, 15) is 19.2 Å². The number of fused-ring (bicyclic) bond motifs is 2. The Morgan fingerprint density at radius 2 is 1.67 bits per heavy atom. The lowest BCUT2D eigenvalue weighted by Gasteiger charge is -2.45. The van der Waals surface area contributed by atoms with Crippen molar-refractivity contribution >= 4 is 34.7 Å². The van der Waals surface area contributed by atoms with E-state index in [-0.39, 0.29) is 5.92 Å². The number of aliphatic carboxylic acids is 3. The van der Waals surface area contributed by atoms with Crippen LogP contribution in [0.4, 0.5) is 0 Å². The van der Waals surface area contributed by atoms with Crippen LogP contribution in [0, 0.1) is 11.8 Å². The highest BCUT2D eigenvalue weighted by molar-refractivity contribution is 5.90. The standard InChI is InChI=1S/C25H35N3O.C6H8O7/c1-4-28-15-17-13-23-21(20-6-5-7-22(28)24(17)20)12-18(14-27(23)3)25(29)26-19-10-8-16(2)9-11-19;7-3(8)1-6(13,5(11)12)2-4(9)10/h5-7,15-16,18-19,21,23H,4,8-14H2,1-3H3,(H,26,29);13H,1-2H2,(H,7,8)(H,9,10)(H,11,12)/t16?,18-,19?,21-,23-;/m1./s1. The molecule has 5 N–H and O–H groups in total. The molecule has 11 nitrogen and oxygen atoms in total. The Bertz CT molecular complexity index is 1310. The molecule has 1 aromatic heterocycles. The maximum absolute atomic E-state index is 13.2. The summed E-state index contributed by atoms with van der Waals surface area (Å²) in [5.74, 6) is -3.35. The summed E-state index contributed by atoms with van der Waals surface area (Å²) in [5.41, 5.74) is 1.59. The van der Waals surface area contributed by atoms with Crippen molar-refractivity contribution in [1.29, 1.82) is 0 Å². The Hall–Kier alpha value is -3.44. The van der Waals surface area contributed by atoms with Crippen molar-refractivity contribution in [3.05, 3.63) is 35.5 Å². The van der Waals surface area contributed by atoms with Crippen LogP contribution in [0.3, 0.4) is 0 Å². The third kappa shape index (κ3) is 6.78. The Kier molecular flexibility index (Phi) is 9.62. The number of aromatic nitrogens is 1. The van der Waals surface area contributed by atoms with Gasteiger partial charge in [-0.3, -0.25) is 14.4 Å². The maximum atomic E-state index is 13.2. The number of hydrogen-bond acceptors (Lipinski definition) is 6. The number of carboxylic acids is 3. The van der Waals surface area contributed by atoms with Crippen LogP contribution in [-0.4, -0.2) is 85.0 Å². The first-order valence-electron chi connectivity index (χ1n) is 14.8. The molecule has 11 heteroatoms. The highest BCUT2D eigenvalue weighted by Crippen LogP contribution is 2.45. The molecule has 3 atom stereocenters. The predicted molar refractivity (Wildman–Crippen MR) is 155 cm³/mol. The van der Waals surface area contributed by atoms with E-state index in [0.29, 0.717) is 23.9 Å². The molecule has 0 radical (unpaired) electrons. The summed E-state index contributed by atoms with van der Waals surface area (Å²) < 4.78 is 2.39. The number of likely N-dealkylation sites (tertiary alicyclic amines) is 1. The van der Waals surface area contributed by atoms with Gasteiger partial charge in [-0.2, -0.15) is 0 Å². The summed E-state index contributed by atoms with van der Waals surface area (Å²) in [6.07, 6.45) is 6.96. The number of carboxylic acid groups (broad SMARTS) is 3. The second-order valence-corrected chi connectivity index (χ2v) is 12.4. The SMILES string of the molecule is CCn1cc2c3c(cccc31)[C@H]1C[C@@H](C(=O)NC3CCC(C)CC3)CN(C)[C@@H]1C2.O=C(O)CC(O)(CC(=O)O)C(=O)O. The van der Waals surface area contributed by atoms with Gasteiger partial charge >= 0.3 is 17.9 Å². The molecule has 1 saturated heterocycles. The molecular formula is C31H43N3O8. The minimum absolute atomic E-state index is 0.102. The van der Waals surface area contributed by atoms with E-state index in [1.54, 1.807) is 0 Å². The van der Waals surface area contributed by atoms with Crippen molar-refractivity contribution in [2.24, 2.45) is 11.8 Å². The van der Waals surface area contributed by atoms with Gasteiger partial charge in [0, 0.05) is 48.2 Å². The Morgan fingerprint density at radius 3 is 2.24 bits per heavy atom. The van der Waals surface area contributed by atoms with Crippen LogP contribution in [0.1, 0.15) is 75.8 Å². The van der Waals surface area contributed by atoms with E-state index in [4.69, 9.17) is 20.4 Å². The minimum atomic E-state index is -2.74. The number of aryl methyl sites for hydroxylation is 1. The smallest absolute Gasteiger partial charge is 0.336 e. The third-order valence-electron chi connectivity index (χ3n) is 9.28. The summed E-state index contributed by atoms with van der Waals surface area (Å²) >= 11 is 0. The summed E-state index contributed by atoms with van der Waals surface area (Å²) in [4.78, 5) is 46.1. The van der Waals surface area contributed by atoms with Gasteiger partial charge in [-0.05, 0) is 75.6 Å². The first-order valence-corrected chi connectivity index (χ1v) is 14.8. The van der Waals surface area contributed by atoms with Crippen LogP contribution < -0.4 is 5.32 Å². The van der Waals surface area contributed by atoms with E-state index >= 15 is 0 Å². The summed E-state index contributed by atoms with van der Waals surface area (Å²) in [7, 11) is 2.22. The van der Waals surface area contributed by atoms with Gasteiger partial charge in [-0.1, -0.05) is 19.1 Å². The molecule has 2 aromatic rings. The van der Waals surface area contributed by atoms with Crippen LogP contribution in [0.2, 0.25) is 0 Å². The fourth-order valence-electron chi connectivity index (χ4n) is 7.01. The molecule has 1 aromatic carbocycles. The first-order chi connectivity index (χ1) is 19.8. The Balaban J connectivity index is 0.000000266. The van der Waals surface area contributed by atoms with E-state index in [1.807, 2.05) is 0 Å². The van der Waals surface area contributed by atoms with Crippen molar-refractivity contribution in [2.75, 3.05) is 13.6 Å². The zero-order valence-corrected chi connectivity index (χ0v) is 24.6. The lowest BCUT2D eigenvalue weighted by molar-refractivity contribution is -0.170. The summed E-state index contributed by atoms with van der Waals surface area (Å²) in [6.45, 7) is 6.45. The molecule has 3 aliphatic rings. The lowest BCUT2D eigenvalue weighted by atomic mass is 9.72. The van der Waals surface area contributed by atoms with Crippen molar-refractivity contribution in [1.82, 2.24) is 14.8 Å². The number of likely N-dealkylation sites (N-methyl/N-ethyl adjacent to an activating group) is 1. The van der Waals surface area contributed by atoms with Crippen molar-refractivity contribution < 1.29 is 39.6 Å². The number of piperidine rings is 1. The number of amides is 1. The number of benzene rings is 1. The zero-order chi connectivity index (χ0) is 30.8. The fraction of sp³-hybridized carbons (Fsp3) is 0.613. The quantitative estimate of drug-likeness (QED) is 0.312. The molecular weight excluding hydrogens is 542 g/mol. The fourth-order valence-corrected chi connectivity index (χ4v) is 7.01. The zero-order valence-electron chi connectivity index (χ0n) is 24.6. The molecule has 0 unspecified atom stereocenters. The lowest BCUT2D eigenvalue weighted by Crippen LogP contribution is -2.52. The van der Waals surface area contributed by atoms with Crippen LogP contribution in [0.25, 0.3) is 10.9 Å². The second kappa shape index (κ2) is 12.8. The van der Waals surface area contributed by atoms with Gasteiger partial charge < -0.3 is 35.2 Å². The molecule has 0 spiro atoms. The number of nitrogens with one attached hydrogen (secondary N) is 1. The first kappa shape index (κ1) is 31.5. The van der Waals surface area contributed by atoms with Crippen LogP contribution in [-0.2, 0) is 32.1 Å². The average molecular weight is 586 g/mol. The van der Waals surface area contributed by atoms with Gasteiger partial charge in [-0.25, -0.2) is 4.79 Å². The van der Waals surface area contributed by atoms with Crippen molar-refractivity contribution in [3.63, 3.8) is 0 Å². The molecule has 2 aliphatic carbocycles. The molecule has 2 fully saturated rings. The molecule has 5 rings (SSSR count). The monoisotopic (exact) mass is 585 g/mol. The largest absolute Gasteiger partial charge is 0.481 e. The number of hydrogen-bond donors (Lipinski definition) is 5. The molecule has 1 amide bonds. The highest BCUT2D eigenvalue weighted by atomic mass is 16.4. The molecule has 42 heavy (non-hydrogen) atoms. The number of carbonyl (C=O) groups excluding carboxylic acids is 1. The van der Waals surface area contributed by atoms with Crippen LogP contribution in [0.15, 0.2) is 24.4 Å². The van der Waals surface area contributed by atoms with Crippen LogP contribution in [0.5, 0.6) is 0 Å². The molecule has 1 saturated carbocycles. The van der Waals surface area contributed by atoms with E-state index in [1.165, 1.54) is 34.9 Å². The average Bonchev–Trinajstić information content (AvgIpc) is 3.28. The van der Waals surface area contributed by atoms with Gasteiger partial charge in [0.25, 0.3) is 0 Å². The number of rotatable bonds is 8. The second-order valence-electron chi connectivity index (χ2n) is 12.4. The van der Waals surface area contributed by atoms with Gasteiger partial charge in [0.05, 0.1) is 18.8 Å². The Labute approximate surface area is 245 Å². The number of carbonyl (C=O) groups is 4. The predicted octanol–water partition coefficient (Wildman–Crippen LogP) is 3.07. The number of aliphatic hydroxyl groups is 1. The topological polar surface area (TPSA) is 169 Å². The third-order valence-corrected chi connectivity index (χ3v) is 9.28. The van der Waals surface area contributed by atoms with Crippen molar-refractivity contribution in [3.8, 4) is 0 Å². The van der Waals surface area contributed by atoms with Gasteiger partial charge in [0.15, 0.2) is 5.60 Å². The van der Waals surface area contributed by atoms with Gasteiger partial charge in [-0.15, -0.1) is 0 Å². The van der Waals surface area contributed by atoms with Crippen molar-refractivity contribution in [2.45, 2.75) is 95.4 Å². The highest BCUT2D eigenvalue weighted by Gasteiger charge is 2.42. The normalized spacial score (nSPS) is 25.6. The maximum Gasteiger partial charge on any atom is 0.336 e. The molecule has 230 valence electrons. The molecule has 1 aliphatic heterocycles. The summed E-state index contributed by atoms with van der Waals surface area (Å²) in [6, 6.07) is 7.69. The summed E-state index contributed by atoms with van der Waals surface area (Å²) in [5, 5.41) is 38.7. The van der Waals surface area contributed by atoms with Gasteiger partial charge in [0.1, 0.15) is 0 Å². The van der Waals surface area contributed by atoms with Gasteiger partial charge in [0.2, 0.25) is 5.91 Å².